The number of hydrogen-bond donors (Lipinski definition) is 1. The second-order valence-electron chi connectivity index (χ2n) is 4.20. The number of ether oxygens (including phenoxy) is 2. The predicted molar refractivity (Wildman–Crippen MR) is 80.4 cm³/mol. The smallest absolute Gasteiger partial charge is 0.325 e. The van der Waals surface area contributed by atoms with Crippen molar-refractivity contribution in [2.24, 2.45) is 0 Å². The van der Waals surface area contributed by atoms with Gasteiger partial charge in [0.05, 0.1) is 14.2 Å². The van der Waals surface area contributed by atoms with Crippen LogP contribution in [-0.4, -0.2) is 42.7 Å². The van der Waals surface area contributed by atoms with Gasteiger partial charge in [-0.3, -0.25) is 14.5 Å². The molecule has 1 aromatic carbocycles. The molecule has 1 aromatic rings. The van der Waals surface area contributed by atoms with Gasteiger partial charge in [0.2, 0.25) is 0 Å². The summed E-state index contributed by atoms with van der Waals surface area (Å²) in [4.78, 5) is 24.7. The molecule has 7 heteroatoms. The third-order valence-electron chi connectivity index (χ3n) is 2.92. The normalized spacial score (nSPS) is 16.1. The van der Waals surface area contributed by atoms with E-state index in [2.05, 4.69) is 10.1 Å². The number of benzene rings is 1. The average Bonchev–Trinajstić information content (AvgIpc) is 2.75. The Morgan fingerprint density at radius 2 is 2.10 bits per heavy atom. The highest BCUT2D eigenvalue weighted by atomic mass is 32.1. The standard InChI is InChI=1S/C14H14N2O4S/c1-19-11-6-4-3-5-9(11)7-10-13(18)16(14(21)15-10)8-12(17)20-2/h3-7H,8H2,1-2H3,(H,15,21)/b10-7-. The summed E-state index contributed by atoms with van der Waals surface area (Å²) in [5.41, 5.74) is 1.02. The summed E-state index contributed by atoms with van der Waals surface area (Å²) >= 11 is 5.05. The van der Waals surface area contributed by atoms with Crippen LogP contribution in [0.3, 0.4) is 0 Å². The van der Waals surface area contributed by atoms with E-state index in [0.29, 0.717) is 5.75 Å². The molecular formula is C14H14N2O4S. The van der Waals surface area contributed by atoms with Crippen LogP contribution in [0, 0.1) is 0 Å². The number of amides is 1. The molecule has 0 atom stereocenters. The van der Waals surface area contributed by atoms with Crippen molar-refractivity contribution in [3.05, 3.63) is 35.5 Å². The fourth-order valence-corrected chi connectivity index (χ4v) is 2.11. The van der Waals surface area contributed by atoms with Crippen LogP contribution in [-0.2, 0) is 14.3 Å². The lowest BCUT2D eigenvalue weighted by Gasteiger charge is -2.11. The molecule has 0 bridgehead atoms. The topological polar surface area (TPSA) is 67.9 Å². The van der Waals surface area contributed by atoms with Gasteiger partial charge >= 0.3 is 5.97 Å². The molecule has 0 spiro atoms. The van der Waals surface area contributed by atoms with Gasteiger partial charge < -0.3 is 14.8 Å². The molecule has 110 valence electrons. The molecule has 1 heterocycles. The monoisotopic (exact) mass is 306 g/mol. The van der Waals surface area contributed by atoms with Gasteiger partial charge in [-0.25, -0.2) is 0 Å². The summed E-state index contributed by atoms with van der Waals surface area (Å²) in [6, 6.07) is 7.26. The molecule has 0 unspecified atom stereocenters. The van der Waals surface area contributed by atoms with Crippen molar-refractivity contribution < 1.29 is 19.1 Å². The van der Waals surface area contributed by atoms with E-state index in [1.54, 1.807) is 19.3 Å². The van der Waals surface area contributed by atoms with Gasteiger partial charge in [0, 0.05) is 5.56 Å². The quantitative estimate of drug-likeness (QED) is 0.507. The van der Waals surface area contributed by atoms with Crippen molar-refractivity contribution in [3.63, 3.8) is 0 Å². The van der Waals surface area contributed by atoms with E-state index in [1.807, 2.05) is 18.2 Å². The van der Waals surface area contributed by atoms with Crippen molar-refractivity contribution in [2.45, 2.75) is 0 Å². The first-order valence-corrected chi connectivity index (χ1v) is 6.52. The molecule has 1 aliphatic heterocycles. The summed E-state index contributed by atoms with van der Waals surface area (Å²) in [7, 11) is 2.81. The van der Waals surface area contributed by atoms with E-state index in [-0.39, 0.29) is 23.3 Å². The maximum absolute atomic E-state index is 12.2. The van der Waals surface area contributed by atoms with Gasteiger partial charge in [-0.2, -0.15) is 0 Å². The average molecular weight is 306 g/mol. The Hall–Kier alpha value is -2.41. The highest BCUT2D eigenvalue weighted by Gasteiger charge is 2.32. The number of para-hydroxylation sites is 1. The zero-order valence-electron chi connectivity index (χ0n) is 11.6. The Labute approximate surface area is 127 Å². The molecule has 2 rings (SSSR count). The lowest BCUT2D eigenvalue weighted by atomic mass is 10.1. The SMILES string of the molecule is COC(=O)CN1C(=O)/C(=C/c2ccccc2OC)NC1=S. The molecule has 1 aliphatic rings. The molecule has 0 aromatic heterocycles. The van der Waals surface area contributed by atoms with Crippen LogP contribution >= 0.6 is 12.2 Å². The zero-order valence-corrected chi connectivity index (χ0v) is 12.4. The van der Waals surface area contributed by atoms with E-state index in [9.17, 15) is 9.59 Å². The van der Waals surface area contributed by atoms with E-state index in [1.165, 1.54) is 7.11 Å². The number of hydrogen-bond acceptors (Lipinski definition) is 5. The molecule has 6 nitrogen and oxygen atoms in total. The van der Waals surface area contributed by atoms with E-state index in [0.717, 1.165) is 10.5 Å². The number of nitrogens with zero attached hydrogens (tertiary/aromatic N) is 1. The van der Waals surface area contributed by atoms with Crippen LogP contribution in [0.15, 0.2) is 30.0 Å². The van der Waals surface area contributed by atoms with Gasteiger partial charge in [-0.1, -0.05) is 18.2 Å². The van der Waals surface area contributed by atoms with Crippen LogP contribution < -0.4 is 10.1 Å². The number of esters is 1. The van der Waals surface area contributed by atoms with Crippen LogP contribution in [0.25, 0.3) is 6.08 Å². The second-order valence-corrected chi connectivity index (χ2v) is 4.58. The number of carbonyl (C=O) groups excluding carboxylic acids is 2. The molecule has 21 heavy (non-hydrogen) atoms. The number of methoxy groups -OCH3 is 2. The number of rotatable bonds is 4. The molecule has 1 N–H and O–H groups in total. The van der Waals surface area contributed by atoms with Gasteiger partial charge in [-0.15, -0.1) is 0 Å². The maximum atomic E-state index is 12.2. The third kappa shape index (κ3) is 3.19. The van der Waals surface area contributed by atoms with E-state index < -0.39 is 5.97 Å². The molecule has 0 saturated carbocycles. The Balaban J connectivity index is 2.26. The summed E-state index contributed by atoms with van der Waals surface area (Å²) in [5.74, 6) is -0.278. The Bertz CT molecular complexity index is 627. The number of carbonyl (C=O) groups is 2. The molecule has 1 amide bonds. The van der Waals surface area contributed by atoms with Crippen molar-refractivity contribution in [1.29, 1.82) is 0 Å². The van der Waals surface area contributed by atoms with Crippen LogP contribution in [0.4, 0.5) is 0 Å². The third-order valence-corrected chi connectivity index (χ3v) is 3.24. The minimum absolute atomic E-state index is 0.173. The first kappa shape index (κ1) is 15.0. The Kier molecular flexibility index (Phi) is 4.54. The minimum Gasteiger partial charge on any atom is -0.496 e. The van der Waals surface area contributed by atoms with Gasteiger partial charge in [-0.05, 0) is 24.4 Å². The molecule has 1 saturated heterocycles. The summed E-state index contributed by atoms with van der Waals surface area (Å²) in [6.07, 6.45) is 1.63. The van der Waals surface area contributed by atoms with Crippen LogP contribution in [0.5, 0.6) is 5.75 Å². The molecule has 0 radical (unpaired) electrons. The van der Waals surface area contributed by atoms with Gasteiger partial charge in [0.1, 0.15) is 18.0 Å². The van der Waals surface area contributed by atoms with Crippen molar-refractivity contribution in [1.82, 2.24) is 10.2 Å². The highest BCUT2D eigenvalue weighted by Crippen LogP contribution is 2.22. The fourth-order valence-electron chi connectivity index (χ4n) is 1.85. The molecular weight excluding hydrogens is 292 g/mol. The number of nitrogens with one attached hydrogen (secondary N) is 1. The maximum Gasteiger partial charge on any atom is 0.325 e. The first-order chi connectivity index (χ1) is 10.1. The summed E-state index contributed by atoms with van der Waals surface area (Å²) in [5, 5.41) is 2.96. The second kappa shape index (κ2) is 6.36. The number of thiocarbonyl (C=S) groups is 1. The lowest BCUT2D eigenvalue weighted by Crippen LogP contribution is -2.35. The minimum atomic E-state index is -0.536. The van der Waals surface area contributed by atoms with E-state index >= 15 is 0 Å². The Morgan fingerprint density at radius 3 is 2.76 bits per heavy atom. The fraction of sp³-hybridized carbons (Fsp3) is 0.214. The summed E-state index contributed by atoms with van der Waals surface area (Å²) in [6.45, 7) is -0.218. The molecule has 1 fully saturated rings. The Morgan fingerprint density at radius 1 is 1.38 bits per heavy atom. The highest BCUT2D eigenvalue weighted by molar-refractivity contribution is 7.80. The van der Waals surface area contributed by atoms with E-state index in [4.69, 9.17) is 17.0 Å². The zero-order chi connectivity index (χ0) is 15.4. The largest absolute Gasteiger partial charge is 0.496 e. The lowest BCUT2D eigenvalue weighted by molar-refractivity contribution is -0.143. The first-order valence-electron chi connectivity index (χ1n) is 6.11. The summed E-state index contributed by atoms with van der Waals surface area (Å²) < 4.78 is 9.76. The van der Waals surface area contributed by atoms with Gasteiger partial charge in [0.25, 0.3) is 5.91 Å². The van der Waals surface area contributed by atoms with Crippen molar-refractivity contribution in [2.75, 3.05) is 20.8 Å². The van der Waals surface area contributed by atoms with Crippen LogP contribution in [0.2, 0.25) is 0 Å². The van der Waals surface area contributed by atoms with Crippen molar-refractivity contribution in [3.8, 4) is 5.75 Å². The van der Waals surface area contributed by atoms with Crippen LogP contribution in [0.1, 0.15) is 5.56 Å². The predicted octanol–water partition coefficient (Wildman–Crippen LogP) is 0.926. The molecule has 0 aliphatic carbocycles. The van der Waals surface area contributed by atoms with Crippen molar-refractivity contribution >= 4 is 35.3 Å². The van der Waals surface area contributed by atoms with Gasteiger partial charge in [0.15, 0.2) is 5.11 Å².